The molecule has 0 saturated heterocycles. The normalized spacial score (nSPS) is 15.3. The minimum Gasteiger partial charge on any atom is -0.387 e. The van der Waals surface area contributed by atoms with Crippen molar-refractivity contribution in [2.75, 3.05) is 7.11 Å². The summed E-state index contributed by atoms with van der Waals surface area (Å²) in [5.74, 6) is 0. The quantitative estimate of drug-likeness (QED) is 0.845. The van der Waals surface area contributed by atoms with E-state index in [0.717, 1.165) is 0 Å². The molecule has 1 N–H and O–H groups in total. The van der Waals surface area contributed by atoms with Crippen molar-refractivity contribution in [2.24, 2.45) is 0 Å². The first-order valence-electron chi connectivity index (χ1n) is 5.02. The Labute approximate surface area is 94.8 Å². The molecule has 1 aromatic heterocycles. The lowest BCUT2D eigenvalue weighted by atomic mass is 10.1. The number of aromatic nitrogens is 2. The van der Waals surface area contributed by atoms with E-state index in [4.69, 9.17) is 16.3 Å². The molecule has 0 aliphatic rings. The molecule has 86 valence electrons. The van der Waals surface area contributed by atoms with Gasteiger partial charge in [0.2, 0.25) is 0 Å². The smallest absolute Gasteiger partial charge is 0.0996 e. The van der Waals surface area contributed by atoms with E-state index in [1.807, 2.05) is 13.8 Å². The van der Waals surface area contributed by atoms with Crippen LogP contribution in [0.4, 0.5) is 0 Å². The van der Waals surface area contributed by atoms with E-state index in [9.17, 15) is 5.11 Å². The van der Waals surface area contributed by atoms with Crippen LogP contribution in [0.3, 0.4) is 0 Å². The molecule has 0 aromatic carbocycles. The molecule has 0 amide bonds. The highest BCUT2D eigenvalue weighted by atomic mass is 35.5. The summed E-state index contributed by atoms with van der Waals surface area (Å²) in [5.41, 5.74) is 0.670. The Hall–Kier alpha value is -0.580. The highest BCUT2D eigenvalue weighted by Gasteiger charge is 2.19. The zero-order chi connectivity index (χ0) is 11.4. The number of hydrogen-bond donors (Lipinski definition) is 1. The fourth-order valence-electron chi connectivity index (χ4n) is 1.48. The summed E-state index contributed by atoms with van der Waals surface area (Å²) in [6.07, 6.45) is 1.44. The van der Waals surface area contributed by atoms with Crippen LogP contribution in [-0.4, -0.2) is 28.1 Å². The highest BCUT2D eigenvalue weighted by Crippen LogP contribution is 2.26. The third-order valence-electron chi connectivity index (χ3n) is 2.41. The van der Waals surface area contributed by atoms with Crippen LogP contribution in [-0.2, 0) is 11.3 Å². The molecule has 2 unspecified atom stereocenters. The maximum absolute atomic E-state index is 9.98. The van der Waals surface area contributed by atoms with Gasteiger partial charge in [-0.15, -0.1) is 0 Å². The molecule has 4 nitrogen and oxygen atoms in total. The molecule has 0 spiro atoms. The van der Waals surface area contributed by atoms with Gasteiger partial charge in [-0.3, -0.25) is 4.68 Å². The number of nitrogens with zero attached hydrogens (tertiary/aromatic N) is 2. The van der Waals surface area contributed by atoms with E-state index < -0.39 is 6.10 Å². The van der Waals surface area contributed by atoms with E-state index in [0.29, 0.717) is 23.7 Å². The molecule has 0 radical (unpaired) electrons. The second-order valence-electron chi connectivity index (χ2n) is 3.49. The maximum atomic E-state index is 9.98. The predicted octanol–water partition coefficient (Wildman–Crippen LogP) is 2.01. The van der Waals surface area contributed by atoms with Crippen molar-refractivity contribution in [1.29, 1.82) is 0 Å². The van der Waals surface area contributed by atoms with Crippen molar-refractivity contribution in [1.82, 2.24) is 9.78 Å². The molecule has 5 heteroatoms. The molecule has 1 rings (SSSR count). The van der Waals surface area contributed by atoms with E-state index in [-0.39, 0.29) is 6.10 Å². The lowest BCUT2D eigenvalue weighted by molar-refractivity contribution is 0.0524. The number of rotatable bonds is 5. The zero-order valence-electron chi connectivity index (χ0n) is 9.27. The molecule has 15 heavy (non-hydrogen) atoms. The number of aryl methyl sites for hydroxylation is 1. The molecule has 1 heterocycles. The summed E-state index contributed by atoms with van der Waals surface area (Å²) in [6, 6.07) is 0. The number of aliphatic hydroxyl groups excluding tert-OH is 1. The Morgan fingerprint density at radius 2 is 2.33 bits per heavy atom. The van der Waals surface area contributed by atoms with Crippen LogP contribution in [0.15, 0.2) is 6.20 Å². The second kappa shape index (κ2) is 5.49. The third kappa shape index (κ3) is 2.93. The number of halogens is 1. The first-order valence-corrected chi connectivity index (χ1v) is 5.40. The van der Waals surface area contributed by atoms with Gasteiger partial charge in [-0.2, -0.15) is 5.10 Å². The van der Waals surface area contributed by atoms with Crippen molar-refractivity contribution in [3.63, 3.8) is 0 Å². The van der Waals surface area contributed by atoms with Crippen LogP contribution in [0.2, 0.25) is 5.02 Å². The van der Waals surface area contributed by atoms with E-state index in [1.165, 1.54) is 0 Å². The van der Waals surface area contributed by atoms with Gasteiger partial charge in [-0.25, -0.2) is 0 Å². The fraction of sp³-hybridized carbons (Fsp3) is 0.700. The van der Waals surface area contributed by atoms with Gasteiger partial charge >= 0.3 is 0 Å². The second-order valence-corrected chi connectivity index (χ2v) is 3.90. The summed E-state index contributed by atoms with van der Waals surface area (Å²) in [7, 11) is 1.62. The summed E-state index contributed by atoms with van der Waals surface area (Å²) in [5, 5.41) is 14.6. The van der Waals surface area contributed by atoms with Crippen molar-refractivity contribution >= 4 is 11.6 Å². The van der Waals surface area contributed by atoms with Gasteiger partial charge in [0.15, 0.2) is 0 Å². The first-order chi connectivity index (χ1) is 7.10. The number of ether oxygens (including phenoxy) is 1. The molecular weight excluding hydrogens is 216 g/mol. The summed E-state index contributed by atoms with van der Waals surface area (Å²) >= 11 is 5.96. The van der Waals surface area contributed by atoms with Crippen LogP contribution in [0.1, 0.15) is 32.1 Å². The molecule has 0 saturated carbocycles. The molecule has 0 bridgehead atoms. The summed E-state index contributed by atoms with van der Waals surface area (Å²) < 4.78 is 6.80. The summed E-state index contributed by atoms with van der Waals surface area (Å²) in [6.45, 7) is 4.56. The molecule has 0 fully saturated rings. The fourth-order valence-corrected chi connectivity index (χ4v) is 1.74. The number of hydrogen-bond acceptors (Lipinski definition) is 3. The Kier molecular flexibility index (Phi) is 4.57. The minimum absolute atomic E-state index is 0.00345. The van der Waals surface area contributed by atoms with Crippen molar-refractivity contribution < 1.29 is 9.84 Å². The van der Waals surface area contributed by atoms with Crippen LogP contribution in [0.5, 0.6) is 0 Å². The third-order valence-corrected chi connectivity index (χ3v) is 2.70. The Balaban J connectivity index is 2.80. The van der Waals surface area contributed by atoms with Crippen LogP contribution in [0.25, 0.3) is 0 Å². The van der Waals surface area contributed by atoms with Gasteiger partial charge in [-0.1, -0.05) is 11.6 Å². The van der Waals surface area contributed by atoms with Gasteiger partial charge in [0, 0.05) is 20.1 Å². The Morgan fingerprint density at radius 1 is 1.67 bits per heavy atom. The van der Waals surface area contributed by atoms with Crippen LogP contribution >= 0.6 is 11.6 Å². The molecule has 1 aromatic rings. The van der Waals surface area contributed by atoms with E-state index >= 15 is 0 Å². The topological polar surface area (TPSA) is 47.3 Å². The van der Waals surface area contributed by atoms with Crippen LogP contribution in [0, 0.1) is 0 Å². The van der Waals surface area contributed by atoms with Gasteiger partial charge in [0.25, 0.3) is 0 Å². The molecule has 0 aliphatic heterocycles. The van der Waals surface area contributed by atoms with Crippen molar-refractivity contribution in [3.05, 3.63) is 16.9 Å². The Bertz CT molecular complexity index is 314. The van der Waals surface area contributed by atoms with E-state index in [1.54, 1.807) is 18.0 Å². The maximum Gasteiger partial charge on any atom is 0.0996 e. The number of methoxy groups -OCH3 is 1. The lowest BCUT2D eigenvalue weighted by Gasteiger charge is -2.16. The van der Waals surface area contributed by atoms with Crippen molar-refractivity contribution in [3.8, 4) is 0 Å². The SMILES string of the molecule is CCn1ncc(Cl)c1C(O)CC(C)OC. The predicted molar refractivity (Wildman–Crippen MR) is 59.0 cm³/mol. The number of aliphatic hydroxyl groups is 1. The molecular formula is C10H17ClN2O2. The lowest BCUT2D eigenvalue weighted by Crippen LogP contribution is -2.15. The average molecular weight is 233 g/mol. The standard InChI is InChI=1S/C10H17ClN2O2/c1-4-13-10(8(11)6-12-13)9(14)5-7(2)15-3/h6-7,9,14H,4-5H2,1-3H3. The van der Waals surface area contributed by atoms with Crippen LogP contribution < -0.4 is 0 Å². The first kappa shape index (κ1) is 12.5. The van der Waals surface area contributed by atoms with E-state index in [2.05, 4.69) is 5.10 Å². The van der Waals surface area contributed by atoms with Crippen molar-refractivity contribution in [2.45, 2.75) is 39.0 Å². The Morgan fingerprint density at radius 3 is 2.87 bits per heavy atom. The monoisotopic (exact) mass is 232 g/mol. The van der Waals surface area contributed by atoms with Gasteiger partial charge in [0.05, 0.1) is 29.1 Å². The summed E-state index contributed by atoms with van der Waals surface area (Å²) in [4.78, 5) is 0. The van der Waals surface area contributed by atoms with Gasteiger partial charge in [-0.05, 0) is 13.8 Å². The molecule has 2 atom stereocenters. The zero-order valence-corrected chi connectivity index (χ0v) is 10.0. The minimum atomic E-state index is -0.630. The average Bonchev–Trinajstić information content (AvgIpc) is 2.59. The van der Waals surface area contributed by atoms with Gasteiger partial charge < -0.3 is 9.84 Å². The largest absolute Gasteiger partial charge is 0.387 e. The van der Waals surface area contributed by atoms with Gasteiger partial charge in [0.1, 0.15) is 0 Å². The highest BCUT2D eigenvalue weighted by molar-refractivity contribution is 6.31. The molecule has 0 aliphatic carbocycles.